The molecule has 0 aliphatic carbocycles. The summed E-state index contributed by atoms with van der Waals surface area (Å²) in [6.45, 7) is 3.54. The van der Waals surface area contributed by atoms with Crippen molar-refractivity contribution < 1.29 is 9.72 Å². The smallest absolute Gasteiger partial charge is 0.294 e. The van der Waals surface area contributed by atoms with Crippen molar-refractivity contribution >= 4 is 27.5 Å². The zero-order valence-electron chi connectivity index (χ0n) is 10.8. The molecule has 0 saturated carbocycles. The number of hydrogen-bond acceptors (Lipinski definition) is 4. The van der Waals surface area contributed by atoms with E-state index in [1.165, 1.54) is 22.9 Å². The lowest BCUT2D eigenvalue weighted by atomic mass is 10.1. The summed E-state index contributed by atoms with van der Waals surface area (Å²) < 4.78 is 2.18. The summed E-state index contributed by atoms with van der Waals surface area (Å²) >= 11 is 3.36. The van der Waals surface area contributed by atoms with Crippen molar-refractivity contribution in [3.8, 4) is 5.69 Å². The number of nitrogens with zero attached hydrogens (tertiary/aromatic N) is 3. The molecule has 1 aromatic heterocycles. The number of hydrogen-bond donors (Lipinski definition) is 1. The number of carbonyl (C=O) groups excluding carboxylic acids is 1. The maximum atomic E-state index is 11.2. The number of benzene rings is 1. The number of primary amides is 1. The Kier molecular flexibility index (Phi) is 3.58. The van der Waals surface area contributed by atoms with Gasteiger partial charge in [0.1, 0.15) is 5.69 Å². The lowest BCUT2D eigenvalue weighted by Crippen LogP contribution is -2.13. The van der Waals surface area contributed by atoms with E-state index >= 15 is 0 Å². The minimum Gasteiger partial charge on any atom is -0.366 e. The molecule has 1 aromatic carbocycles. The van der Waals surface area contributed by atoms with Crippen LogP contribution in [0.2, 0.25) is 0 Å². The third kappa shape index (κ3) is 2.29. The molecule has 1 heterocycles. The molecule has 1 amide bonds. The quantitative estimate of drug-likeness (QED) is 0.684. The second-order valence-corrected chi connectivity index (χ2v) is 5.01. The molecule has 0 aliphatic heterocycles. The molecule has 0 unspecified atom stereocenters. The Morgan fingerprint density at radius 2 is 2.10 bits per heavy atom. The van der Waals surface area contributed by atoms with Gasteiger partial charge in [0.25, 0.3) is 5.69 Å². The highest BCUT2D eigenvalue weighted by molar-refractivity contribution is 9.10. The van der Waals surface area contributed by atoms with Gasteiger partial charge in [-0.1, -0.05) is 0 Å². The second-order valence-electron chi connectivity index (χ2n) is 4.22. The molecule has 7 nitrogen and oxygen atoms in total. The first-order chi connectivity index (χ1) is 9.32. The topological polar surface area (TPSA) is 104 Å². The van der Waals surface area contributed by atoms with Gasteiger partial charge in [-0.2, -0.15) is 5.10 Å². The molecule has 2 aromatic rings. The van der Waals surface area contributed by atoms with Crippen LogP contribution in [0, 0.1) is 24.0 Å². The SMILES string of the molecule is Cc1nn(-c2cc(C(N)=O)ccc2[N+](=O)[O-])c(C)c1Br. The zero-order chi connectivity index (χ0) is 15.0. The van der Waals surface area contributed by atoms with Gasteiger partial charge in [-0.3, -0.25) is 14.9 Å². The average molecular weight is 339 g/mol. The average Bonchev–Trinajstić information content (AvgIpc) is 2.65. The Balaban J connectivity index is 2.75. The summed E-state index contributed by atoms with van der Waals surface area (Å²) in [5.41, 5.74) is 6.86. The van der Waals surface area contributed by atoms with Gasteiger partial charge in [0.15, 0.2) is 0 Å². The molecule has 0 saturated heterocycles. The molecular weight excluding hydrogens is 328 g/mol. The van der Waals surface area contributed by atoms with Crippen molar-refractivity contribution in [1.82, 2.24) is 9.78 Å². The predicted molar refractivity (Wildman–Crippen MR) is 75.9 cm³/mol. The number of aromatic nitrogens is 2. The predicted octanol–water partition coefficient (Wildman–Crippen LogP) is 2.26. The number of halogens is 1. The summed E-state index contributed by atoms with van der Waals surface area (Å²) in [7, 11) is 0. The fourth-order valence-corrected chi connectivity index (χ4v) is 2.11. The fourth-order valence-electron chi connectivity index (χ4n) is 1.86. The minimum absolute atomic E-state index is 0.145. The van der Waals surface area contributed by atoms with Crippen molar-refractivity contribution in [1.29, 1.82) is 0 Å². The first-order valence-electron chi connectivity index (χ1n) is 5.63. The molecule has 104 valence electrons. The first-order valence-corrected chi connectivity index (χ1v) is 6.42. The van der Waals surface area contributed by atoms with Gasteiger partial charge in [-0.15, -0.1) is 0 Å². The minimum atomic E-state index is -0.651. The lowest BCUT2D eigenvalue weighted by Gasteiger charge is -2.07. The number of nitro groups is 1. The van der Waals surface area contributed by atoms with Crippen LogP contribution in [0.3, 0.4) is 0 Å². The van der Waals surface area contributed by atoms with E-state index in [4.69, 9.17) is 5.73 Å². The number of nitro benzene ring substituents is 1. The monoisotopic (exact) mass is 338 g/mol. The van der Waals surface area contributed by atoms with Crippen molar-refractivity contribution in [2.24, 2.45) is 5.73 Å². The largest absolute Gasteiger partial charge is 0.366 e. The van der Waals surface area contributed by atoms with Gasteiger partial charge in [0, 0.05) is 11.6 Å². The standard InChI is InChI=1S/C12H11BrN4O3/c1-6-11(13)7(2)16(15-6)10-5-8(12(14)18)3-4-9(10)17(19)20/h3-5H,1-2H3,(H2,14,18). The molecule has 8 heteroatoms. The molecule has 0 aliphatic rings. The second kappa shape index (κ2) is 5.04. The van der Waals surface area contributed by atoms with Crippen molar-refractivity contribution in [3.63, 3.8) is 0 Å². The van der Waals surface area contributed by atoms with Crippen LogP contribution in [0.25, 0.3) is 5.69 Å². The Bertz CT molecular complexity index is 724. The third-order valence-electron chi connectivity index (χ3n) is 2.89. The first kappa shape index (κ1) is 14.2. The summed E-state index contributed by atoms with van der Waals surface area (Å²) in [4.78, 5) is 21.8. The normalized spacial score (nSPS) is 10.6. The summed E-state index contributed by atoms with van der Waals surface area (Å²) in [5.74, 6) is -0.651. The molecule has 20 heavy (non-hydrogen) atoms. The molecule has 0 bridgehead atoms. The highest BCUT2D eigenvalue weighted by Gasteiger charge is 2.21. The summed E-state index contributed by atoms with van der Waals surface area (Å²) in [6, 6.07) is 3.94. The van der Waals surface area contributed by atoms with E-state index in [9.17, 15) is 14.9 Å². The van der Waals surface area contributed by atoms with Crippen LogP contribution in [0.5, 0.6) is 0 Å². The van der Waals surface area contributed by atoms with E-state index in [1.54, 1.807) is 13.8 Å². The van der Waals surface area contributed by atoms with Crippen molar-refractivity contribution in [2.75, 3.05) is 0 Å². The molecule has 0 fully saturated rings. The summed E-state index contributed by atoms with van der Waals surface area (Å²) in [6.07, 6.45) is 0. The van der Waals surface area contributed by atoms with E-state index in [0.717, 1.165) is 4.47 Å². The van der Waals surface area contributed by atoms with Gasteiger partial charge in [-0.05, 0) is 41.9 Å². The Morgan fingerprint density at radius 3 is 2.55 bits per heavy atom. The highest BCUT2D eigenvalue weighted by Crippen LogP contribution is 2.29. The highest BCUT2D eigenvalue weighted by atomic mass is 79.9. The van der Waals surface area contributed by atoms with Crippen LogP contribution in [0.15, 0.2) is 22.7 Å². The number of rotatable bonds is 3. The van der Waals surface area contributed by atoms with Crippen LogP contribution in [-0.2, 0) is 0 Å². The maximum absolute atomic E-state index is 11.2. The number of nitrogens with two attached hydrogens (primary N) is 1. The third-order valence-corrected chi connectivity index (χ3v) is 4.04. The lowest BCUT2D eigenvalue weighted by molar-refractivity contribution is -0.384. The van der Waals surface area contributed by atoms with Crippen LogP contribution in [0.1, 0.15) is 21.7 Å². The molecule has 0 atom stereocenters. The van der Waals surface area contributed by atoms with E-state index in [2.05, 4.69) is 21.0 Å². The number of aryl methyl sites for hydroxylation is 1. The summed E-state index contributed by atoms with van der Waals surface area (Å²) in [5, 5.41) is 15.4. The van der Waals surface area contributed by atoms with Crippen LogP contribution >= 0.6 is 15.9 Å². The molecule has 2 rings (SSSR count). The van der Waals surface area contributed by atoms with E-state index < -0.39 is 10.8 Å². The van der Waals surface area contributed by atoms with Gasteiger partial charge < -0.3 is 5.73 Å². The van der Waals surface area contributed by atoms with Gasteiger partial charge in [0.2, 0.25) is 5.91 Å². The Morgan fingerprint density at radius 1 is 1.45 bits per heavy atom. The molecule has 0 radical (unpaired) electrons. The van der Waals surface area contributed by atoms with Crippen molar-refractivity contribution in [2.45, 2.75) is 13.8 Å². The van der Waals surface area contributed by atoms with Crippen molar-refractivity contribution in [3.05, 3.63) is 49.7 Å². The van der Waals surface area contributed by atoms with E-state index in [-0.39, 0.29) is 16.9 Å². The van der Waals surface area contributed by atoms with Crippen LogP contribution < -0.4 is 5.73 Å². The fraction of sp³-hybridized carbons (Fsp3) is 0.167. The Hall–Kier alpha value is -2.22. The van der Waals surface area contributed by atoms with Crippen LogP contribution in [-0.4, -0.2) is 20.6 Å². The maximum Gasteiger partial charge on any atom is 0.294 e. The zero-order valence-corrected chi connectivity index (χ0v) is 12.3. The van der Waals surface area contributed by atoms with Crippen LogP contribution in [0.4, 0.5) is 5.69 Å². The van der Waals surface area contributed by atoms with Gasteiger partial charge in [-0.25, -0.2) is 4.68 Å². The Labute approximate surface area is 122 Å². The van der Waals surface area contributed by atoms with Gasteiger partial charge in [0.05, 0.1) is 20.8 Å². The van der Waals surface area contributed by atoms with Gasteiger partial charge >= 0.3 is 0 Å². The number of amides is 1. The molecule has 2 N–H and O–H groups in total. The van der Waals surface area contributed by atoms with E-state index in [0.29, 0.717) is 11.4 Å². The molecule has 0 spiro atoms. The number of carbonyl (C=O) groups is 1. The molecular formula is C12H11BrN4O3. The van der Waals surface area contributed by atoms with E-state index in [1.807, 2.05) is 0 Å².